The Kier molecular flexibility index (Phi) is 3.02. The molecular weight excluding hydrogens is 200 g/mol. The first kappa shape index (κ1) is 9.57. The minimum absolute atomic E-state index is 0.535. The van der Waals surface area contributed by atoms with Crippen LogP contribution in [0, 0.1) is 11.3 Å². The van der Waals surface area contributed by atoms with Gasteiger partial charge in [-0.3, -0.25) is 0 Å². The van der Waals surface area contributed by atoms with Crippen molar-refractivity contribution in [2.45, 2.75) is 51.3 Å². The third-order valence-corrected chi connectivity index (χ3v) is 3.80. The highest BCUT2D eigenvalue weighted by molar-refractivity contribution is 9.09. The van der Waals surface area contributed by atoms with Gasteiger partial charge in [-0.15, -0.1) is 0 Å². The molecule has 0 N–H and O–H groups in total. The summed E-state index contributed by atoms with van der Waals surface area (Å²) in [5, 5.41) is 0. The lowest BCUT2D eigenvalue weighted by Gasteiger charge is -2.35. The fourth-order valence-corrected chi connectivity index (χ4v) is 2.45. The molecule has 0 aromatic heterocycles. The molecule has 0 aromatic carbocycles. The van der Waals surface area contributed by atoms with Crippen LogP contribution in [-0.4, -0.2) is 4.83 Å². The average Bonchev–Trinajstić information content (AvgIpc) is 1.86. The summed E-state index contributed by atoms with van der Waals surface area (Å²) in [5.74, 6) is 0.955. The maximum atomic E-state index is 3.68. The van der Waals surface area contributed by atoms with Gasteiger partial charge in [0.1, 0.15) is 0 Å². The van der Waals surface area contributed by atoms with Crippen molar-refractivity contribution in [1.29, 1.82) is 0 Å². The first-order valence-electron chi connectivity index (χ1n) is 4.64. The van der Waals surface area contributed by atoms with Crippen LogP contribution in [0.5, 0.6) is 0 Å². The smallest absolute Gasteiger partial charge is 0.0146 e. The van der Waals surface area contributed by atoms with Gasteiger partial charge in [-0.2, -0.15) is 0 Å². The lowest BCUT2D eigenvalue weighted by atomic mass is 9.72. The number of alkyl halides is 1. The molecule has 1 aliphatic rings. The van der Waals surface area contributed by atoms with E-state index >= 15 is 0 Å². The van der Waals surface area contributed by atoms with Crippen LogP contribution in [-0.2, 0) is 0 Å². The predicted octanol–water partition coefficient (Wildman–Crippen LogP) is 3.99. The summed E-state index contributed by atoms with van der Waals surface area (Å²) in [6, 6.07) is 0. The molecule has 0 aromatic rings. The molecule has 1 fully saturated rings. The van der Waals surface area contributed by atoms with Crippen LogP contribution >= 0.6 is 15.9 Å². The van der Waals surface area contributed by atoms with Crippen molar-refractivity contribution in [2.24, 2.45) is 11.3 Å². The standard InChI is InChI=1S/C10H19Br/c1-10(2,3)8-4-6-9(11)7-5-8/h8-9H,4-7H2,1-3H3. The fraction of sp³-hybridized carbons (Fsp3) is 1.00. The van der Waals surface area contributed by atoms with Crippen molar-refractivity contribution in [3.63, 3.8) is 0 Å². The van der Waals surface area contributed by atoms with Gasteiger partial charge in [-0.05, 0) is 37.0 Å². The first-order chi connectivity index (χ1) is 5.00. The Morgan fingerprint density at radius 1 is 1.00 bits per heavy atom. The third-order valence-electron chi connectivity index (χ3n) is 2.88. The molecule has 0 amide bonds. The number of hydrogen-bond acceptors (Lipinski definition) is 0. The molecule has 66 valence electrons. The van der Waals surface area contributed by atoms with Crippen molar-refractivity contribution in [2.75, 3.05) is 0 Å². The Balaban J connectivity index is 2.39. The second-order valence-corrected chi connectivity index (χ2v) is 6.11. The molecule has 0 bridgehead atoms. The van der Waals surface area contributed by atoms with Gasteiger partial charge < -0.3 is 0 Å². The molecule has 1 saturated carbocycles. The van der Waals surface area contributed by atoms with Gasteiger partial charge in [0.05, 0.1) is 0 Å². The molecule has 0 spiro atoms. The van der Waals surface area contributed by atoms with E-state index in [1.807, 2.05) is 0 Å². The molecule has 0 saturated heterocycles. The maximum Gasteiger partial charge on any atom is 0.0146 e. The zero-order valence-electron chi connectivity index (χ0n) is 7.86. The van der Waals surface area contributed by atoms with E-state index in [4.69, 9.17) is 0 Å². The van der Waals surface area contributed by atoms with Crippen molar-refractivity contribution in [1.82, 2.24) is 0 Å². The Labute approximate surface area is 78.9 Å². The fourth-order valence-electron chi connectivity index (χ4n) is 1.92. The highest BCUT2D eigenvalue weighted by Crippen LogP contribution is 2.39. The van der Waals surface area contributed by atoms with Gasteiger partial charge in [0.2, 0.25) is 0 Å². The molecule has 1 heteroatoms. The van der Waals surface area contributed by atoms with E-state index in [9.17, 15) is 0 Å². The molecule has 1 rings (SSSR count). The van der Waals surface area contributed by atoms with E-state index in [1.54, 1.807) is 0 Å². The summed E-state index contributed by atoms with van der Waals surface area (Å²) in [6.07, 6.45) is 5.59. The molecule has 11 heavy (non-hydrogen) atoms. The molecule has 0 atom stereocenters. The summed E-state index contributed by atoms with van der Waals surface area (Å²) in [4.78, 5) is 0.807. The minimum atomic E-state index is 0.535. The zero-order chi connectivity index (χ0) is 8.48. The maximum absolute atomic E-state index is 3.68. The summed E-state index contributed by atoms with van der Waals surface area (Å²) in [6.45, 7) is 7.10. The summed E-state index contributed by atoms with van der Waals surface area (Å²) >= 11 is 3.68. The van der Waals surface area contributed by atoms with E-state index < -0.39 is 0 Å². The molecule has 0 radical (unpaired) electrons. The second kappa shape index (κ2) is 3.47. The van der Waals surface area contributed by atoms with Gasteiger partial charge in [-0.1, -0.05) is 36.7 Å². The van der Waals surface area contributed by atoms with Gasteiger partial charge in [0.15, 0.2) is 0 Å². The topological polar surface area (TPSA) is 0 Å². The molecular formula is C10H19Br. The highest BCUT2D eigenvalue weighted by Gasteiger charge is 2.28. The van der Waals surface area contributed by atoms with E-state index in [0.717, 1.165) is 10.7 Å². The van der Waals surface area contributed by atoms with Crippen LogP contribution < -0.4 is 0 Å². The quantitative estimate of drug-likeness (QED) is 0.540. The average molecular weight is 219 g/mol. The Bertz CT molecular complexity index is 115. The lowest BCUT2D eigenvalue weighted by molar-refractivity contribution is 0.183. The second-order valence-electron chi connectivity index (χ2n) is 4.81. The largest absolute Gasteiger partial charge is 0.0891 e. The van der Waals surface area contributed by atoms with Crippen LogP contribution in [0.3, 0.4) is 0 Å². The van der Waals surface area contributed by atoms with Gasteiger partial charge in [0, 0.05) is 4.83 Å². The molecule has 0 aliphatic heterocycles. The SMILES string of the molecule is CC(C)(C)C1CCC(Br)CC1. The van der Waals surface area contributed by atoms with Crippen LogP contribution in [0.15, 0.2) is 0 Å². The summed E-state index contributed by atoms with van der Waals surface area (Å²) in [7, 11) is 0. The monoisotopic (exact) mass is 218 g/mol. The number of hydrogen-bond donors (Lipinski definition) is 0. The predicted molar refractivity (Wildman–Crippen MR) is 54.1 cm³/mol. The summed E-state index contributed by atoms with van der Waals surface area (Å²) in [5.41, 5.74) is 0.535. The van der Waals surface area contributed by atoms with Crippen LogP contribution in [0.4, 0.5) is 0 Å². The molecule has 0 nitrogen and oxygen atoms in total. The molecule has 0 unspecified atom stereocenters. The Hall–Kier alpha value is 0.480. The van der Waals surface area contributed by atoms with Crippen LogP contribution in [0.1, 0.15) is 46.5 Å². The van der Waals surface area contributed by atoms with Crippen molar-refractivity contribution in [3.8, 4) is 0 Å². The third kappa shape index (κ3) is 2.77. The Morgan fingerprint density at radius 2 is 1.45 bits per heavy atom. The van der Waals surface area contributed by atoms with Crippen molar-refractivity contribution >= 4 is 15.9 Å². The van der Waals surface area contributed by atoms with E-state index in [1.165, 1.54) is 25.7 Å². The normalized spacial score (nSPS) is 33.8. The van der Waals surface area contributed by atoms with Crippen LogP contribution in [0.25, 0.3) is 0 Å². The molecule has 0 heterocycles. The van der Waals surface area contributed by atoms with Gasteiger partial charge in [-0.25, -0.2) is 0 Å². The molecule has 1 aliphatic carbocycles. The van der Waals surface area contributed by atoms with E-state index in [-0.39, 0.29) is 0 Å². The zero-order valence-corrected chi connectivity index (χ0v) is 9.45. The number of halogens is 1. The van der Waals surface area contributed by atoms with Gasteiger partial charge >= 0.3 is 0 Å². The van der Waals surface area contributed by atoms with Crippen molar-refractivity contribution in [3.05, 3.63) is 0 Å². The minimum Gasteiger partial charge on any atom is -0.0891 e. The van der Waals surface area contributed by atoms with Gasteiger partial charge in [0.25, 0.3) is 0 Å². The Morgan fingerprint density at radius 3 is 1.82 bits per heavy atom. The summed E-state index contributed by atoms with van der Waals surface area (Å²) < 4.78 is 0. The lowest BCUT2D eigenvalue weighted by Crippen LogP contribution is -2.25. The van der Waals surface area contributed by atoms with E-state index in [0.29, 0.717) is 5.41 Å². The highest BCUT2D eigenvalue weighted by atomic mass is 79.9. The van der Waals surface area contributed by atoms with Crippen molar-refractivity contribution < 1.29 is 0 Å². The van der Waals surface area contributed by atoms with Crippen LogP contribution in [0.2, 0.25) is 0 Å². The first-order valence-corrected chi connectivity index (χ1v) is 5.56. The van der Waals surface area contributed by atoms with E-state index in [2.05, 4.69) is 36.7 Å². The number of rotatable bonds is 0.